The van der Waals surface area contributed by atoms with Gasteiger partial charge in [0, 0.05) is 19.6 Å². The van der Waals surface area contributed by atoms with Crippen molar-refractivity contribution in [2.45, 2.75) is 19.4 Å². The van der Waals surface area contributed by atoms with Gasteiger partial charge in [-0.15, -0.1) is 6.58 Å². The average Bonchev–Trinajstić information content (AvgIpc) is 1.84. The molecular formula is C9H17NO. The summed E-state index contributed by atoms with van der Waals surface area (Å²) >= 11 is 0. The molecule has 0 aromatic heterocycles. The van der Waals surface area contributed by atoms with Crippen LogP contribution in [0, 0.1) is 5.92 Å². The first-order valence-corrected chi connectivity index (χ1v) is 4.14. The van der Waals surface area contributed by atoms with Crippen LogP contribution in [-0.4, -0.2) is 35.2 Å². The second-order valence-corrected chi connectivity index (χ2v) is 3.72. The summed E-state index contributed by atoms with van der Waals surface area (Å²) in [6.07, 6.45) is 1.87. The molecule has 1 rings (SSSR count). The smallest absolute Gasteiger partial charge is 0.0923 e. The Morgan fingerprint density at radius 2 is 2.18 bits per heavy atom. The van der Waals surface area contributed by atoms with Crippen molar-refractivity contribution in [2.24, 2.45) is 5.92 Å². The van der Waals surface area contributed by atoms with E-state index in [-0.39, 0.29) is 0 Å². The molecular weight excluding hydrogens is 138 g/mol. The first-order chi connectivity index (χ1) is 5.08. The van der Waals surface area contributed by atoms with E-state index >= 15 is 0 Å². The quantitative estimate of drug-likeness (QED) is 0.611. The lowest BCUT2D eigenvalue weighted by atomic mass is 9.83. The Balaban J connectivity index is 2.31. The van der Waals surface area contributed by atoms with Crippen LogP contribution >= 0.6 is 0 Å². The zero-order valence-corrected chi connectivity index (χ0v) is 7.38. The fourth-order valence-corrected chi connectivity index (χ4v) is 1.40. The molecule has 0 amide bonds. The summed E-state index contributed by atoms with van der Waals surface area (Å²) < 4.78 is 0. The molecule has 0 bridgehead atoms. The predicted octanol–water partition coefficient (Wildman–Crippen LogP) is 0.875. The van der Waals surface area contributed by atoms with Crippen molar-refractivity contribution in [3.05, 3.63) is 12.7 Å². The maximum Gasteiger partial charge on any atom is 0.0923 e. The topological polar surface area (TPSA) is 23.5 Å². The monoisotopic (exact) mass is 155 g/mol. The maximum atomic E-state index is 9.81. The van der Waals surface area contributed by atoms with E-state index in [2.05, 4.69) is 25.3 Å². The second kappa shape index (κ2) is 2.95. The number of hydrogen-bond acceptors (Lipinski definition) is 2. The van der Waals surface area contributed by atoms with Crippen LogP contribution in [-0.2, 0) is 0 Å². The van der Waals surface area contributed by atoms with Gasteiger partial charge in [0.2, 0.25) is 0 Å². The molecule has 0 aromatic carbocycles. The van der Waals surface area contributed by atoms with Crippen LogP contribution in [0.3, 0.4) is 0 Å². The summed E-state index contributed by atoms with van der Waals surface area (Å²) in [5.41, 5.74) is -0.428. The second-order valence-electron chi connectivity index (χ2n) is 3.72. The third kappa shape index (κ3) is 1.63. The average molecular weight is 155 g/mol. The maximum absolute atomic E-state index is 9.81. The molecule has 1 N–H and O–H groups in total. The number of hydrogen-bond donors (Lipinski definition) is 1. The molecule has 1 heterocycles. The molecule has 64 valence electrons. The molecule has 0 aromatic rings. The minimum absolute atomic E-state index is 0.364. The lowest BCUT2D eigenvalue weighted by molar-refractivity contribution is -0.123. The Labute approximate surface area is 68.5 Å². The highest BCUT2D eigenvalue weighted by atomic mass is 16.3. The van der Waals surface area contributed by atoms with Crippen molar-refractivity contribution in [3.8, 4) is 0 Å². The molecule has 0 atom stereocenters. The van der Waals surface area contributed by atoms with E-state index in [4.69, 9.17) is 0 Å². The molecule has 1 aliphatic heterocycles. The Hall–Kier alpha value is -0.340. The summed E-state index contributed by atoms with van der Waals surface area (Å²) in [6, 6.07) is 0. The summed E-state index contributed by atoms with van der Waals surface area (Å²) in [6.45, 7) is 10.3. The lowest BCUT2D eigenvalue weighted by Gasteiger charge is -2.48. The Kier molecular flexibility index (Phi) is 2.35. The third-order valence-electron chi connectivity index (χ3n) is 2.46. The molecule has 1 saturated heterocycles. The lowest BCUT2D eigenvalue weighted by Crippen LogP contribution is -2.64. The fourth-order valence-electron chi connectivity index (χ4n) is 1.40. The van der Waals surface area contributed by atoms with Crippen LogP contribution in [0.4, 0.5) is 0 Å². The minimum atomic E-state index is -0.428. The van der Waals surface area contributed by atoms with Crippen LogP contribution < -0.4 is 0 Å². The van der Waals surface area contributed by atoms with Crippen molar-refractivity contribution >= 4 is 0 Å². The van der Waals surface area contributed by atoms with Gasteiger partial charge in [0.1, 0.15) is 0 Å². The van der Waals surface area contributed by atoms with Crippen LogP contribution in [0.25, 0.3) is 0 Å². The number of β-amino-alcohol motifs (C(OH)–C–C–N with tert-alkyl or cyclic N) is 1. The normalized spacial score (nSPS) is 23.3. The molecule has 0 radical (unpaired) electrons. The Morgan fingerprint density at radius 1 is 1.64 bits per heavy atom. The van der Waals surface area contributed by atoms with Gasteiger partial charge >= 0.3 is 0 Å². The molecule has 1 aliphatic rings. The van der Waals surface area contributed by atoms with Gasteiger partial charge in [-0.25, -0.2) is 0 Å². The molecule has 1 fully saturated rings. The number of rotatable bonds is 3. The zero-order chi connectivity index (χ0) is 8.48. The van der Waals surface area contributed by atoms with E-state index in [9.17, 15) is 5.11 Å². The highest BCUT2D eigenvalue weighted by Gasteiger charge is 2.42. The minimum Gasteiger partial charge on any atom is -0.387 e. The summed E-state index contributed by atoms with van der Waals surface area (Å²) in [5, 5.41) is 9.81. The summed E-state index contributed by atoms with van der Waals surface area (Å²) in [4.78, 5) is 2.19. The van der Waals surface area contributed by atoms with Gasteiger partial charge in [-0.3, -0.25) is 4.90 Å². The largest absolute Gasteiger partial charge is 0.387 e. The van der Waals surface area contributed by atoms with Gasteiger partial charge < -0.3 is 5.11 Å². The third-order valence-corrected chi connectivity index (χ3v) is 2.46. The van der Waals surface area contributed by atoms with Crippen LogP contribution in [0.5, 0.6) is 0 Å². The van der Waals surface area contributed by atoms with Crippen molar-refractivity contribution in [2.75, 3.05) is 19.6 Å². The molecule has 11 heavy (non-hydrogen) atoms. The standard InChI is InChI=1S/C9H17NO/c1-4-5-10-6-9(11,7-10)8(2)3/h4,8,11H,1,5-7H2,2-3H3. The molecule has 0 saturated carbocycles. The van der Waals surface area contributed by atoms with Gasteiger partial charge in [-0.1, -0.05) is 19.9 Å². The van der Waals surface area contributed by atoms with E-state index in [1.807, 2.05) is 6.08 Å². The summed E-state index contributed by atoms with van der Waals surface area (Å²) in [7, 11) is 0. The van der Waals surface area contributed by atoms with Crippen molar-refractivity contribution in [1.82, 2.24) is 4.90 Å². The molecule has 0 spiro atoms. The molecule has 0 aliphatic carbocycles. The first kappa shape index (κ1) is 8.75. The zero-order valence-electron chi connectivity index (χ0n) is 7.38. The Morgan fingerprint density at radius 3 is 2.55 bits per heavy atom. The fraction of sp³-hybridized carbons (Fsp3) is 0.778. The van der Waals surface area contributed by atoms with Gasteiger partial charge in [-0.05, 0) is 5.92 Å². The number of nitrogens with zero attached hydrogens (tertiary/aromatic N) is 1. The van der Waals surface area contributed by atoms with E-state index in [1.165, 1.54) is 0 Å². The Bertz CT molecular complexity index is 148. The molecule has 2 heteroatoms. The predicted molar refractivity (Wildman–Crippen MR) is 46.4 cm³/mol. The summed E-state index contributed by atoms with van der Waals surface area (Å²) in [5.74, 6) is 0.364. The van der Waals surface area contributed by atoms with Crippen LogP contribution in [0.1, 0.15) is 13.8 Å². The van der Waals surface area contributed by atoms with E-state index in [1.54, 1.807) is 0 Å². The van der Waals surface area contributed by atoms with E-state index in [0.29, 0.717) is 5.92 Å². The number of likely N-dealkylation sites (tertiary alicyclic amines) is 1. The highest BCUT2D eigenvalue weighted by molar-refractivity contribution is 4.99. The van der Waals surface area contributed by atoms with Gasteiger partial charge in [-0.2, -0.15) is 0 Å². The SMILES string of the molecule is C=CCN1CC(O)(C(C)C)C1. The van der Waals surface area contributed by atoms with Gasteiger partial charge in [0.25, 0.3) is 0 Å². The van der Waals surface area contributed by atoms with E-state index in [0.717, 1.165) is 19.6 Å². The highest BCUT2D eigenvalue weighted by Crippen LogP contribution is 2.27. The van der Waals surface area contributed by atoms with E-state index < -0.39 is 5.60 Å². The van der Waals surface area contributed by atoms with Crippen LogP contribution in [0.2, 0.25) is 0 Å². The number of aliphatic hydroxyl groups is 1. The van der Waals surface area contributed by atoms with Gasteiger partial charge in [0.15, 0.2) is 0 Å². The van der Waals surface area contributed by atoms with Crippen molar-refractivity contribution < 1.29 is 5.11 Å². The molecule has 0 unspecified atom stereocenters. The van der Waals surface area contributed by atoms with Gasteiger partial charge in [0.05, 0.1) is 5.60 Å². The van der Waals surface area contributed by atoms with Crippen molar-refractivity contribution in [3.63, 3.8) is 0 Å². The van der Waals surface area contributed by atoms with Crippen molar-refractivity contribution in [1.29, 1.82) is 0 Å². The first-order valence-electron chi connectivity index (χ1n) is 4.14. The molecule has 2 nitrogen and oxygen atoms in total. The van der Waals surface area contributed by atoms with Crippen LogP contribution in [0.15, 0.2) is 12.7 Å².